The van der Waals surface area contributed by atoms with Crippen molar-refractivity contribution in [3.05, 3.63) is 52.5 Å². The molecule has 0 unspecified atom stereocenters. The van der Waals surface area contributed by atoms with Crippen LogP contribution in [0.25, 0.3) is 11.3 Å². The second-order valence-electron chi connectivity index (χ2n) is 5.26. The lowest BCUT2D eigenvalue weighted by Crippen LogP contribution is -2.07. The molecule has 122 valence electrons. The molecular formula is C17H13Cl2N3OS. The Morgan fingerprint density at radius 3 is 2.29 bits per heavy atom. The summed E-state index contributed by atoms with van der Waals surface area (Å²) >= 11 is 13.3. The van der Waals surface area contributed by atoms with Crippen molar-refractivity contribution in [1.82, 2.24) is 4.98 Å². The number of carbonyl (C=O) groups is 1. The van der Waals surface area contributed by atoms with Crippen LogP contribution < -0.4 is 4.90 Å². The molecule has 1 aromatic carbocycles. The number of ketones is 1. The quantitative estimate of drug-likeness (QED) is 0.723. The van der Waals surface area contributed by atoms with E-state index >= 15 is 0 Å². The van der Waals surface area contributed by atoms with Crippen molar-refractivity contribution >= 4 is 56.2 Å². The zero-order chi connectivity index (χ0) is 17.3. The van der Waals surface area contributed by atoms with Crippen molar-refractivity contribution in [2.24, 2.45) is 4.99 Å². The van der Waals surface area contributed by atoms with Gasteiger partial charge in [0.2, 0.25) is 5.78 Å². The third kappa shape index (κ3) is 3.43. The maximum atomic E-state index is 11.6. The second-order valence-corrected chi connectivity index (χ2v) is 7.03. The van der Waals surface area contributed by atoms with E-state index in [0.717, 1.165) is 21.4 Å². The van der Waals surface area contributed by atoms with Gasteiger partial charge < -0.3 is 4.90 Å². The van der Waals surface area contributed by atoms with Crippen LogP contribution >= 0.6 is 34.5 Å². The molecule has 0 spiro atoms. The van der Waals surface area contributed by atoms with Gasteiger partial charge in [-0.25, -0.2) is 9.98 Å². The monoisotopic (exact) mass is 377 g/mol. The predicted molar refractivity (Wildman–Crippen MR) is 102 cm³/mol. The highest BCUT2D eigenvalue weighted by molar-refractivity contribution is 7.19. The number of nitrogens with zero attached hydrogens (tertiary/aromatic N) is 3. The number of Topliss-reactive ketones (excluding diaryl/α,β-unsaturated/α-hetero) is 1. The summed E-state index contributed by atoms with van der Waals surface area (Å²) in [5.74, 6) is -0.390. The van der Waals surface area contributed by atoms with E-state index in [1.54, 1.807) is 0 Å². The number of allylic oxidation sites excluding steroid dienone is 4. The van der Waals surface area contributed by atoms with E-state index in [4.69, 9.17) is 23.2 Å². The highest BCUT2D eigenvalue weighted by Gasteiger charge is 2.19. The third-order valence-electron chi connectivity index (χ3n) is 3.24. The Morgan fingerprint density at radius 2 is 1.71 bits per heavy atom. The molecule has 0 saturated carbocycles. The lowest BCUT2D eigenvalue weighted by molar-refractivity contribution is -0.111. The molecule has 1 aliphatic rings. The molecule has 0 saturated heterocycles. The number of carbonyl (C=O) groups excluding carboxylic acids is 1. The fraction of sp³-hybridized carbons (Fsp3) is 0.118. The molecule has 0 N–H and O–H groups in total. The van der Waals surface area contributed by atoms with Gasteiger partial charge >= 0.3 is 0 Å². The number of rotatable bonds is 3. The summed E-state index contributed by atoms with van der Waals surface area (Å²) in [4.78, 5) is 22.8. The Labute approximate surface area is 153 Å². The number of thiazole rings is 1. The molecule has 4 nitrogen and oxygen atoms in total. The SMILES string of the molecule is CN(C)c1nc(-c2ccccc2)c(N=C2C=C(Cl)C(=O)C(Cl)=C2)s1. The number of aromatic nitrogens is 1. The summed E-state index contributed by atoms with van der Waals surface area (Å²) in [7, 11) is 3.86. The van der Waals surface area contributed by atoms with E-state index in [0.29, 0.717) is 5.71 Å². The van der Waals surface area contributed by atoms with E-state index in [-0.39, 0.29) is 15.8 Å². The van der Waals surface area contributed by atoms with Crippen LogP contribution in [0.1, 0.15) is 0 Å². The number of benzene rings is 1. The Balaban J connectivity index is 2.11. The smallest absolute Gasteiger partial charge is 0.215 e. The van der Waals surface area contributed by atoms with Crippen LogP contribution in [0.3, 0.4) is 0 Å². The van der Waals surface area contributed by atoms with Crippen molar-refractivity contribution in [1.29, 1.82) is 0 Å². The second kappa shape index (κ2) is 6.89. The van der Waals surface area contributed by atoms with Crippen LogP contribution in [0, 0.1) is 0 Å². The fourth-order valence-electron chi connectivity index (χ4n) is 2.08. The summed E-state index contributed by atoms with van der Waals surface area (Å²) in [6.45, 7) is 0. The summed E-state index contributed by atoms with van der Waals surface area (Å²) in [5.41, 5.74) is 2.27. The van der Waals surface area contributed by atoms with Crippen molar-refractivity contribution in [2.45, 2.75) is 0 Å². The fourth-order valence-corrected chi connectivity index (χ4v) is 3.46. The zero-order valence-electron chi connectivity index (χ0n) is 13.0. The average Bonchev–Trinajstić information content (AvgIpc) is 2.97. The molecule has 0 bridgehead atoms. The van der Waals surface area contributed by atoms with Gasteiger partial charge in [-0.05, 0) is 12.2 Å². The molecule has 0 amide bonds. The molecule has 24 heavy (non-hydrogen) atoms. The molecule has 2 aromatic rings. The Kier molecular flexibility index (Phi) is 4.85. The van der Waals surface area contributed by atoms with Crippen molar-refractivity contribution in [2.75, 3.05) is 19.0 Å². The van der Waals surface area contributed by atoms with Gasteiger partial charge in [0.15, 0.2) is 5.13 Å². The van der Waals surface area contributed by atoms with Crippen LogP contribution in [0.5, 0.6) is 0 Å². The van der Waals surface area contributed by atoms with Gasteiger partial charge in [-0.2, -0.15) is 0 Å². The summed E-state index contributed by atoms with van der Waals surface area (Å²) < 4.78 is 0. The molecule has 0 aliphatic heterocycles. The summed E-state index contributed by atoms with van der Waals surface area (Å²) in [6.07, 6.45) is 3.03. The summed E-state index contributed by atoms with van der Waals surface area (Å²) in [5, 5.41) is 1.68. The normalized spacial score (nSPS) is 14.3. The molecule has 1 heterocycles. The maximum absolute atomic E-state index is 11.6. The number of anilines is 1. The van der Waals surface area contributed by atoms with Crippen LogP contribution in [0.15, 0.2) is 57.5 Å². The first-order chi connectivity index (χ1) is 11.5. The number of aliphatic imine (C=N–C) groups is 1. The molecule has 1 aromatic heterocycles. The lowest BCUT2D eigenvalue weighted by Gasteiger charge is -2.05. The highest BCUT2D eigenvalue weighted by atomic mass is 35.5. The van der Waals surface area contributed by atoms with Gasteiger partial charge in [-0.3, -0.25) is 4.79 Å². The summed E-state index contributed by atoms with van der Waals surface area (Å²) in [6, 6.07) is 9.82. The lowest BCUT2D eigenvalue weighted by atomic mass is 10.1. The first-order valence-electron chi connectivity index (χ1n) is 7.07. The first-order valence-corrected chi connectivity index (χ1v) is 8.64. The molecule has 0 radical (unpaired) electrons. The minimum absolute atomic E-state index is 0.0554. The van der Waals surface area contributed by atoms with Crippen LogP contribution in [0.2, 0.25) is 0 Å². The average molecular weight is 378 g/mol. The van der Waals surface area contributed by atoms with Gasteiger partial charge in [0.25, 0.3) is 0 Å². The van der Waals surface area contributed by atoms with Gasteiger partial charge in [-0.1, -0.05) is 64.9 Å². The van der Waals surface area contributed by atoms with Crippen molar-refractivity contribution in [3.8, 4) is 11.3 Å². The van der Waals surface area contributed by atoms with E-state index < -0.39 is 0 Å². The number of hydrogen-bond acceptors (Lipinski definition) is 5. The number of hydrogen-bond donors (Lipinski definition) is 0. The zero-order valence-corrected chi connectivity index (χ0v) is 15.3. The molecule has 1 aliphatic carbocycles. The molecular weight excluding hydrogens is 365 g/mol. The predicted octanol–water partition coefficient (Wildman–Crippen LogP) is 4.78. The largest absolute Gasteiger partial charge is 0.354 e. The van der Waals surface area contributed by atoms with Gasteiger partial charge in [0, 0.05) is 19.7 Å². The Morgan fingerprint density at radius 1 is 1.08 bits per heavy atom. The van der Waals surface area contributed by atoms with Crippen LogP contribution in [0.4, 0.5) is 10.1 Å². The van der Waals surface area contributed by atoms with Gasteiger partial charge in [-0.15, -0.1) is 0 Å². The maximum Gasteiger partial charge on any atom is 0.215 e. The van der Waals surface area contributed by atoms with E-state index in [1.807, 2.05) is 49.3 Å². The van der Waals surface area contributed by atoms with E-state index in [9.17, 15) is 4.79 Å². The Hall–Kier alpha value is -1.95. The van der Waals surface area contributed by atoms with Crippen molar-refractivity contribution < 1.29 is 4.79 Å². The topological polar surface area (TPSA) is 45.6 Å². The van der Waals surface area contributed by atoms with Gasteiger partial charge in [0.1, 0.15) is 10.7 Å². The van der Waals surface area contributed by atoms with Crippen LogP contribution in [-0.4, -0.2) is 30.6 Å². The minimum atomic E-state index is -0.390. The molecule has 7 heteroatoms. The van der Waals surface area contributed by atoms with E-state index in [2.05, 4.69) is 9.98 Å². The van der Waals surface area contributed by atoms with Crippen molar-refractivity contribution in [3.63, 3.8) is 0 Å². The third-order valence-corrected chi connectivity index (χ3v) is 4.92. The van der Waals surface area contributed by atoms with Crippen LogP contribution in [-0.2, 0) is 4.79 Å². The van der Waals surface area contributed by atoms with E-state index in [1.165, 1.54) is 23.5 Å². The first kappa shape index (κ1) is 16.9. The Bertz CT molecular complexity index is 858. The highest BCUT2D eigenvalue weighted by Crippen LogP contribution is 2.39. The number of halogens is 2. The molecule has 0 atom stereocenters. The standard InChI is InChI=1S/C17H13Cl2N3OS/c1-22(2)17-21-14(10-6-4-3-5-7-10)16(24-17)20-11-8-12(18)15(23)13(19)9-11/h3-9H,1-2H3. The van der Waals surface area contributed by atoms with Gasteiger partial charge in [0.05, 0.1) is 15.8 Å². The minimum Gasteiger partial charge on any atom is -0.354 e. The molecule has 3 rings (SSSR count). The molecule has 0 fully saturated rings.